The first-order chi connectivity index (χ1) is 6.73. The van der Waals surface area contributed by atoms with Crippen molar-refractivity contribution in [2.75, 3.05) is 20.1 Å². The summed E-state index contributed by atoms with van der Waals surface area (Å²) in [5, 5.41) is 0. The molecule has 0 aromatic rings. The average molecular weight is 193 g/mol. The van der Waals surface area contributed by atoms with Crippen molar-refractivity contribution in [2.45, 2.75) is 39.0 Å². The minimum atomic E-state index is 0.856. The maximum atomic E-state index is 2.55. The number of hydrogen-bond acceptors (Lipinski definition) is 1. The lowest BCUT2D eigenvalue weighted by Crippen LogP contribution is -2.35. The summed E-state index contributed by atoms with van der Waals surface area (Å²) in [6.07, 6.45) is 7.65. The van der Waals surface area contributed by atoms with Crippen LogP contribution in [0.4, 0.5) is 0 Å². The topological polar surface area (TPSA) is 3.24 Å². The van der Waals surface area contributed by atoms with Crippen LogP contribution in [0.1, 0.15) is 39.0 Å². The summed E-state index contributed by atoms with van der Waals surface area (Å²) in [4.78, 5) is 2.55. The van der Waals surface area contributed by atoms with Gasteiger partial charge in [-0.05, 0) is 62.4 Å². The largest absolute Gasteiger partial charge is 0.306 e. The van der Waals surface area contributed by atoms with Crippen LogP contribution in [-0.2, 0) is 0 Å². The van der Waals surface area contributed by atoms with Crippen LogP contribution in [0, 0.1) is 23.2 Å². The third kappa shape index (κ3) is 1.25. The molecule has 3 aliphatic rings. The number of fused-ring (bicyclic) bond motifs is 1. The van der Waals surface area contributed by atoms with E-state index in [-0.39, 0.29) is 0 Å². The molecule has 2 saturated carbocycles. The second kappa shape index (κ2) is 2.98. The number of hydrogen-bond donors (Lipinski definition) is 0. The fourth-order valence-electron chi connectivity index (χ4n) is 4.40. The normalized spacial score (nSPS) is 52.3. The maximum Gasteiger partial charge on any atom is 0.000948 e. The van der Waals surface area contributed by atoms with E-state index in [4.69, 9.17) is 0 Å². The summed E-state index contributed by atoms with van der Waals surface area (Å²) >= 11 is 0. The molecule has 1 heteroatoms. The maximum absolute atomic E-state index is 2.55. The molecule has 3 rings (SSSR count). The molecule has 0 bridgehead atoms. The zero-order valence-electron chi connectivity index (χ0n) is 9.63. The summed E-state index contributed by atoms with van der Waals surface area (Å²) < 4.78 is 0. The van der Waals surface area contributed by atoms with Crippen molar-refractivity contribution < 1.29 is 0 Å². The van der Waals surface area contributed by atoms with Crippen LogP contribution in [-0.4, -0.2) is 25.0 Å². The summed E-state index contributed by atoms with van der Waals surface area (Å²) in [6.45, 7) is 5.13. The van der Waals surface area contributed by atoms with Gasteiger partial charge < -0.3 is 4.90 Å². The molecule has 1 spiro atoms. The Bertz CT molecular complexity index is 237. The molecule has 4 atom stereocenters. The van der Waals surface area contributed by atoms with Gasteiger partial charge in [0.25, 0.3) is 0 Å². The highest BCUT2D eigenvalue weighted by molar-refractivity contribution is 5.09. The minimum absolute atomic E-state index is 0.856. The van der Waals surface area contributed by atoms with Crippen LogP contribution in [0.15, 0.2) is 0 Å². The van der Waals surface area contributed by atoms with Crippen molar-refractivity contribution in [1.82, 2.24) is 4.90 Å². The Kier molecular flexibility index (Phi) is 1.96. The molecule has 0 N–H and O–H groups in total. The van der Waals surface area contributed by atoms with Gasteiger partial charge in [0.2, 0.25) is 0 Å². The number of rotatable bonds is 1. The van der Waals surface area contributed by atoms with Gasteiger partial charge in [0.1, 0.15) is 0 Å². The van der Waals surface area contributed by atoms with Crippen LogP contribution >= 0.6 is 0 Å². The Balaban J connectivity index is 1.69. The number of piperidine rings is 1. The Morgan fingerprint density at radius 1 is 1.21 bits per heavy atom. The highest BCUT2D eigenvalue weighted by Crippen LogP contribution is 2.67. The van der Waals surface area contributed by atoms with E-state index < -0.39 is 0 Å². The van der Waals surface area contributed by atoms with Crippen molar-refractivity contribution in [3.63, 3.8) is 0 Å². The Morgan fingerprint density at radius 3 is 2.71 bits per heavy atom. The van der Waals surface area contributed by atoms with Crippen molar-refractivity contribution >= 4 is 0 Å². The molecule has 80 valence electrons. The van der Waals surface area contributed by atoms with Crippen LogP contribution in [0.25, 0.3) is 0 Å². The van der Waals surface area contributed by atoms with Gasteiger partial charge in [-0.3, -0.25) is 0 Å². The number of likely N-dealkylation sites (tertiary alicyclic amines) is 1. The molecular weight excluding hydrogens is 170 g/mol. The smallest absolute Gasteiger partial charge is 0.000948 e. The molecule has 1 unspecified atom stereocenters. The minimum Gasteiger partial charge on any atom is -0.306 e. The van der Waals surface area contributed by atoms with E-state index in [1.165, 1.54) is 25.9 Å². The zero-order chi connectivity index (χ0) is 9.76. The SMILES string of the molecule is CCC1C[C@]12C[C@H]1CN(C)CC[C@H]1C2. The first-order valence-corrected chi connectivity index (χ1v) is 6.42. The third-order valence-corrected chi connectivity index (χ3v) is 5.28. The van der Waals surface area contributed by atoms with E-state index in [0.717, 1.165) is 23.2 Å². The van der Waals surface area contributed by atoms with Gasteiger partial charge in [-0.2, -0.15) is 0 Å². The molecule has 1 nitrogen and oxygen atoms in total. The third-order valence-electron chi connectivity index (χ3n) is 5.28. The van der Waals surface area contributed by atoms with Crippen LogP contribution < -0.4 is 0 Å². The lowest BCUT2D eigenvalue weighted by atomic mass is 9.89. The molecule has 3 fully saturated rings. The summed E-state index contributed by atoms with van der Waals surface area (Å²) in [5.41, 5.74) is 0.856. The fraction of sp³-hybridized carbons (Fsp3) is 1.00. The van der Waals surface area contributed by atoms with Crippen LogP contribution in [0.3, 0.4) is 0 Å². The van der Waals surface area contributed by atoms with Gasteiger partial charge in [-0.15, -0.1) is 0 Å². The highest BCUT2D eigenvalue weighted by atomic mass is 15.1. The van der Waals surface area contributed by atoms with E-state index in [0.29, 0.717) is 0 Å². The molecule has 0 amide bonds. The quantitative estimate of drug-likeness (QED) is 0.619. The van der Waals surface area contributed by atoms with Gasteiger partial charge in [0, 0.05) is 6.54 Å². The second-order valence-corrected chi connectivity index (χ2v) is 6.15. The summed E-state index contributed by atoms with van der Waals surface area (Å²) in [7, 11) is 2.30. The van der Waals surface area contributed by atoms with E-state index in [2.05, 4.69) is 18.9 Å². The molecule has 14 heavy (non-hydrogen) atoms. The first-order valence-electron chi connectivity index (χ1n) is 6.42. The van der Waals surface area contributed by atoms with Crippen molar-refractivity contribution in [3.8, 4) is 0 Å². The molecule has 1 aliphatic heterocycles. The van der Waals surface area contributed by atoms with Crippen LogP contribution in [0.5, 0.6) is 0 Å². The molecule has 0 radical (unpaired) electrons. The molecule has 1 heterocycles. The zero-order valence-corrected chi connectivity index (χ0v) is 9.63. The van der Waals surface area contributed by atoms with Gasteiger partial charge in [0.15, 0.2) is 0 Å². The Labute approximate surface area is 87.9 Å². The predicted molar refractivity (Wildman–Crippen MR) is 59.2 cm³/mol. The van der Waals surface area contributed by atoms with E-state index >= 15 is 0 Å². The average Bonchev–Trinajstić information content (AvgIpc) is 2.69. The Morgan fingerprint density at radius 2 is 2.00 bits per heavy atom. The van der Waals surface area contributed by atoms with Crippen LogP contribution in [0.2, 0.25) is 0 Å². The van der Waals surface area contributed by atoms with Gasteiger partial charge in [-0.25, -0.2) is 0 Å². The molecule has 1 saturated heterocycles. The summed E-state index contributed by atoms with van der Waals surface area (Å²) in [6, 6.07) is 0. The van der Waals surface area contributed by atoms with E-state index in [9.17, 15) is 0 Å². The second-order valence-electron chi connectivity index (χ2n) is 6.15. The van der Waals surface area contributed by atoms with E-state index in [1.807, 2.05) is 0 Å². The molecular formula is C13H23N. The lowest BCUT2D eigenvalue weighted by molar-refractivity contribution is 0.166. The lowest BCUT2D eigenvalue weighted by Gasteiger charge is -2.32. The van der Waals surface area contributed by atoms with Crippen molar-refractivity contribution in [3.05, 3.63) is 0 Å². The van der Waals surface area contributed by atoms with Crippen molar-refractivity contribution in [2.24, 2.45) is 23.2 Å². The predicted octanol–water partition coefficient (Wildman–Crippen LogP) is 2.76. The highest BCUT2D eigenvalue weighted by Gasteiger charge is 2.59. The molecule has 2 aliphatic carbocycles. The summed E-state index contributed by atoms with van der Waals surface area (Å²) in [5.74, 6) is 3.27. The number of nitrogens with zero attached hydrogens (tertiary/aromatic N) is 1. The Hall–Kier alpha value is -0.0400. The monoisotopic (exact) mass is 193 g/mol. The van der Waals surface area contributed by atoms with Gasteiger partial charge >= 0.3 is 0 Å². The first kappa shape index (κ1) is 9.21. The fourth-order valence-corrected chi connectivity index (χ4v) is 4.40. The van der Waals surface area contributed by atoms with Crippen molar-refractivity contribution in [1.29, 1.82) is 0 Å². The standard InChI is InChI=1S/C13H23N/c1-3-12-8-13(12)6-10-4-5-14(2)9-11(10)7-13/h10-12H,3-9H2,1-2H3/t10-,11-,12?,13-/m0/s1. The molecule has 0 aromatic carbocycles. The molecule has 0 aromatic heterocycles. The van der Waals surface area contributed by atoms with Gasteiger partial charge in [0.05, 0.1) is 0 Å². The van der Waals surface area contributed by atoms with Gasteiger partial charge in [-0.1, -0.05) is 13.3 Å². The van der Waals surface area contributed by atoms with E-state index in [1.54, 1.807) is 19.3 Å².